The molecule has 0 saturated carbocycles. The molecule has 1 aliphatic heterocycles. The van der Waals surface area contributed by atoms with Crippen LogP contribution >= 0.6 is 0 Å². The molecule has 0 aromatic heterocycles. The van der Waals surface area contributed by atoms with Gasteiger partial charge in [-0.1, -0.05) is 48.5 Å². The van der Waals surface area contributed by atoms with Crippen molar-refractivity contribution in [3.63, 3.8) is 0 Å². The lowest BCUT2D eigenvalue weighted by Gasteiger charge is -2.14. The Balaban J connectivity index is 1.68. The largest absolute Gasteiger partial charge is 0.497 e. The van der Waals surface area contributed by atoms with E-state index < -0.39 is 12.1 Å². The van der Waals surface area contributed by atoms with Crippen molar-refractivity contribution in [3.05, 3.63) is 102 Å². The SMILES string of the molecule is COc1ccc(/C=[N+]2\NC(=O)[C@H](NC(=O)c3ccccc3)[C@H]2c2ccccc2)cc1. The van der Waals surface area contributed by atoms with E-state index in [2.05, 4.69) is 10.7 Å². The molecule has 6 nitrogen and oxygen atoms in total. The van der Waals surface area contributed by atoms with Crippen LogP contribution in [0.15, 0.2) is 84.9 Å². The van der Waals surface area contributed by atoms with Gasteiger partial charge in [0.05, 0.1) is 7.11 Å². The summed E-state index contributed by atoms with van der Waals surface area (Å²) >= 11 is 0. The van der Waals surface area contributed by atoms with E-state index in [0.29, 0.717) is 5.56 Å². The molecule has 2 N–H and O–H groups in total. The van der Waals surface area contributed by atoms with E-state index in [1.54, 1.807) is 36.1 Å². The monoisotopic (exact) mass is 400 g/mol. The van der Waals surface area contributed by atoms with Crippen molar-refractivity contribution >= 4 is 18.0 Å². The summed E-state index contributed by atoms with van der Waals surface area (Å²) in [5, 5.41) is 2.89. The van der Waals surface area contributed by atoms with E-state index in [9.17, 15) is 9.59 Å². The standard InChI is InChI=1S/C24H21N3O3/c1-30-20-14-12-17(13-15-20)16-27-22(18-8-4-2-5-9-18)21(24(29)26-27)25-23(28)19-10-6-3-7-11-19/h2-16,21-22H,1H3,(H-,25,26,28,29)/p+1/b27-16-/t21-,22-/m1/s1. The molecular weight excluding hydrogens is 378 g/mol. The highest BCUT2D eigenvalue weighted by molar-refractivity contribution is 5.98. The van der Waals surface area contributed by atoms with Gasteiger partial charge in [-0.2, -0.15) is 0 Å². The maximum atomic E-state index is 12.8. The molecule has 2 atom stereocenters. The Kier molecular flexibility index (Phi) is 5.57. The number of methoxy groups -OCH3 is 1. The Morgan fingerprint density at radius 3 is 2.23 bits per heavy atom. The summed E-state index contributed by atoms with van der Waals surface area (Å²) in [5.41, 5.74) is 5.20. The van der Waals surface area contributed by atoms with Crippen LogP contribution in [0.2, 0.25) is 0 Å². The predicted octanol–water partition coefficient (Wildman–Crippen LogP) is 2.71. The quantitative estimate of drug-likeness (QED) is 0.647. The molecular formula is C24H22N3O3+. The molecule has 1 aliphatic rings. The van der Waals surface area contributed by atoms with Crippen molar-refractivity contribution in [1.82, 2.24) is 10.7 Å². The Morgan fingerprint density at radius 2 is 1.60 bits per heavy atom. The Labute approximate surface area is 174 Å². The highest BCUT2D eigenvalue weighted by Gasteiger charge is 2.47. The van der Waals surface area contributed by atoms with Gasteiger partial charge in [-0.25, -0.2) is 0 Å². The fraction of sp³-hybridized carbons (Fsp3) is 0.125. The zero-order valence-corrected chi connectivity index (χ0v) is 16.5. The van der Waals surface area contributed by atoms with E-state index in [0.717, 1.165) is 16.9 Å². The molecule has 4 rings (SSSR count). The second-order valence-corrected chi connectivity index (χ2v) is 6.96. The number of hydrogen-bond donors (Lipinski definition) is 2. The summed E-state index contributed by atoms with van der Waals surface area (Å²) in [6.07, 6.45) is 1.85. The lowest BCUT2D eigenvalue weighted by atomic mass is 10.00. The molecule has 150 valence electrons. The van der Waals surface area contributed by atoms with Crippen molar-refractivity contribution in [1.29, 1.82) is 0 Å². The van der Waals surface area contributed by atoms with Gasteiger partial charge in [0.15, 0.2) is 6.04 Å². The molecule has 3 aromatic rings. The normalized spacial score (nSPS) is 19.4. The third-order valence-electron chi connectivity index (χ3n) is 5.00. The van der Waals surface area contributed by atoms with Crippen LogP contribution in [-0.2, 0) is 4.79 Å². The number of ether oxygens (including phenoxy) is 1. The Morgan fingerprint density at radius 1 is 0.967 bits per heavy atom. The number of rotatable bonds is 5. The van der Waals surface area contributed by atoms with Gasteiger partial charge in [-0.05, 0) is 36.4 Å². The van der Waals surface area contributed by atoms with E-state index >= 15 is 0 Å². The minimum absolute atomic E-state index is 0.266. The van der Waals surface area contributed by atoms with E-state index in [4.69, 9.17) is 4.74 Å². The number of nitrogens with zero attached hydrogens (tertiary/aromatic N) is 1. The number of benzene rings is 3. The zero-order chi connectivity index (χ0) is 20.9. The van der Waals surface area contributed by atoms with E-state index in [1.165, 1.54) is 0 Å². The lowest BCUT2D eigenvalue weighted by molar-refractivity contribution is -0.596. The number of hydrazine groups is 1. The average Bonchev–Trinajstić information content (AvgIpc) is 3.09. The van der Waals surface area contributed by atoms with Crippen LogP contribution in [0.25, 0.3) is 0 Å². The van der Waals surface area contributed by atoms with Gasteiger partial charge in [0, 0.05) is 16.7 Å². The summed E-state index contributed by atoms with van der Waals surface area (Å²) in [4.78, 5) is 25.5. The van der Waals surface area contributed by atoms with Crippen LogP contribution in [0.3, 0.4) is 0 Å². The molecule has 0 bridgehead atoms. The van der Waals surface area contributed by atoms with Gasteiger partial charge in [-0.3, -0.25) is 9.59 Å². The molecule has 0 radical (unpaired) electrons. The van der Waals surface area contributed by atoms with Crippen LogP contribution in [0.4, 0.5) is 0 Å². The molecule has 1 saturated heterocycles. The van der Waals surface area contributed by atoms with Gasteiger partial charge in [0.2, 0.25) is 12.3 Å². The number of hydrogen-bond acceptors (Lipinski definition) is 3. The molecule has 6 heteroatoms. The number of hydrazone groups is 1. The average molecular weight is 400 g/mol. The van der Waals surface area contributed by atoms with Crippen molar-refractivity contribution in [2.45, 2.75) is 12.1 Å². The number of nitrogens with one attached hydrogen (secondary N) is 2. The molecule has 3 aromatic carbocycles. The Bertz CT molecular complexity index is 1060. The highest BCUT2D eigenvalue weighted by atomic mass is 16.5. The zero-order valence-electron chi connectivity index (χ0n) is 16.5. The van der Waals surface area contributed by atoms with Gasteiger partial charge in [0.25, 0.3) is 5.91 Å². The van der Waals surface area contributed by atoms with Gasteiger partial charge in [0.1, 0.15) is 5.75 Å². The predicted molar refractivity (Wildman–Crippen MR) is 113 cm³/mol. The van der Waals surface area contributed by atoms with Gasteiger partial charge in [-0.15, -0.1) is 10.1 Å². The number of carbonyl (C=O) groups is 2. The summed E-state index contributed by atoms with van der Waals surface area (Å²) < 4.78 is 6.95. The second-order valence-electron chi connectivity index (χ2n) is 6.96. The van der Waals surface area contributed by atoms with Crippen LogP contribution in [0.5, 0.6) is 5.75 Å². The van der Waals surface area contributed by atoms with Crippen molar-refractivity contribution in [3.8, 4) is 5.75 Å². The summed E-state index contributed by atoms with van der Waals surface area (Å²) in [6.45, 7) is 0. The number of carbonyl (C=O) groups excluding carboxylic acids is 2. The topological polar surface area (TPSA) is 70.4 Å². The van der Waals surface area contributed by atoms with Crippen molar-refractivity contribution < 1.29 is 19.0 Å². The molecule has 0 spiro atoms. The van der Waals surface area contributed by atoms with Gasteiger partial charge < -0.3 is 10.1 Å². The Hall–Kier alpha value is -3.93. The minimum atomic E-state index is -0.741. The van der Waals surface area contributed by atoms with E-state index in [-0.39, 0.29) is 11.8 Å². The highest BCUT2D eigenvalue weighted by Crippen LogP contribution is 2.25. The molecule has 1 heterocycles. The van der Waals surface area contributed by atoms with Crippen molar-refractivity contribution in [2.24, 2.45) is 0 Å². The first kappa shape index (κ1) is 19.4. The van der Waals surface area contributed by atoms with Crippen LogP contribution in [0, 0.1) is 0 Å². The van der Waals surface area contributed by atoms with Crippen LogP contribution in [0.1, 0.15) is 27.5 Å². The maximum absolute atomic E-state index is 12.8. The third-order valence-corrected chi connectivity index (χ3v) is 5.00. The molecule has 0 unspecified atom stereocenters. The summed E-state index contributed by atoms with van der Waals surface area (Å²) in [5.74, 6) is 0.200. The first-order valence-corrected chi connectivity index (χ1v) is 9.64. The third kappa shape index (κ3) is 4.07. The number of amides is 2. The summed E-state index contributed by atoms with van der Waals surface area (Å²) in [7, 11) is 1.62. The van der Waals surface area contributed by atoms with Gasteiger partial charge >= 0.3 is 5.91 Å². The molecule has 0 aliphatic carbocycles. The first-order chi connectivity index (χ1) is 14.7. The molecule has 2 amide bonds. The van der Waals surface area contributed by atoms with E-state index in [1.807, 2.05) is 66.9 Å². The van der Waals surface area contributed by atoms with Crippen LogP contribution in [-0.4, -0.2) is 35.9 Å². The minimum Gasteiger partial charge on any atom is -0.497 e. The molecule has 30 heavy (non-hydrogen) atoms. The lowest BCUT2D eigenvalue weighted by Crippen LogP contribution is -2.42. The van der Waals surface area contributed by atoms with Crippen molar-refractivity contribution in [2.75, 3.05) is 7.11 Å². The fourth-order valence-electron chi connectivity index (χ4n) is 3.50. The van der Waals surface area contributed by atoms with Crippen LogP contribution < -0.4 is 15.5 Å². The first-order valence-electron chi connectivity index (χ1n) is 9.64. The summed E-state index contributed by atoms with van der Waals surface area (Å²) in [6, 6.07) is 24.9. The second kappa shape index (κ2) is 8.61. The fourth-order valence-corrected chi connectivity index (χ4v) is 3.50. The smallest absolute Gasteiger partial charge is 0.304 e. The maximum Gasteiger partial charge on any atom is 0.304 e. The molecule has 1 fully saturated rings.